The maximum Gasteiger partial charge on any atom is 0.206 e. The Bertz CT molecular complexity index is 221. The predicted molar refractivity (Wildman–Crippen MR) is 48.6 cm³/mol. The fourth-order valence-electron chi connectivity index (χ4n) is 0.639. The van der Waals surface area contributed by atoms with Gasteiger partial charge in [-0.3, -0.25) is 0 Å². The molecule has 0 saturated heterocycles. The summed E-state index contributed by atoms with van der Waals surface area (Å²) in [6.07, 6.45) is 0. The quantitative estimate of drug-likeness (QED) is 0.639. The first-order chi connectivity index (χ1) is 5.20. The summed E-state index contributed by atoms with van der Waals surface area (Å²) >= 11 is 4.06. The molecule has 3 N–H and O–H groups in total. The lowest BCUT2D eigenvalue weighted by Crippen LogP contribution is -2.19. The second-order valence-electron chi connectivity index (χ2n) is 2.51. The van der Waals surface area contributed by atoms with Crippen molar-refractivity contribution in [1.82, 2.24) is 31.3 Å². The van der Waals surface area contributed by atoms with E-state index in [1.165, 1.54) is 0 Å². The molecule has 1 aromatic rings. The van der Waals surface area contributed by atoms with Crippen LogP contribution in [0.2, 0.25) is 0 Å². The summed E-state index contributed by atoms with van der Waals surface area (Å²) in [5.74, 6) is 0. The number of rotatable bonds is 3. The molecule has 0 spiro atoms. The summed E-state index contributed by atoms with van der Waals surface area (Å²) in [5, 5.41) is 11.4. The summed E-state index contributed by atoms with van der Waals surface area (Å²) < 4.78 is 1.66. The van der Waals surface area contributed by atoms with Crippen molar-refractivity contribution >= 4 is 12.6 Å². The number of aromatic nitrogens is 4. The molecular weight excluding hydrogens is 176 g/mol. The van der Waals surface area contributed by atoms with Gasteiger partial charge < -0.3 is 11.1 Å². The molecule has 0 aromatic carbocycles. The Balaban J connectivity index is 0.00000121. The molecule has 70 valence electrons. The largest absolute Gasteiger partial charge is 0.344 e. The van der Waals surface area contributed by atoms with E-state index in [0.29, 0.717) is 5.16 Å². The molecule has 1 aromatic heterocycles. The average molecular weight is 190 g/mol. The molecule has 12 heavy (non-hydrogen) atoms. The molecule has 0 fully saturated rings. The minimum atomic E-state index is 0. The van der Waals surface area contributed by atoms with Crippen LogP contribution in [0, 0.1) is 0 Å². The molecule has 1 rings (SSSR count). The van der Waals surface area contributed by atoms with Crippen LogP contribution >= 0.6 is 12.6 Å². The van der Waals surface area contributed by atoms with Crippen molar-refractivity contribution in [2.24, 2.45) is 0 Å². The highest BCUT2D eigenvalue weighted by atomic mass is 32.1. The van der Waals surface area contributed by atoms with Crippen LogP contribution in [0.4, 0.5) is 0 Å². The standard InChI is InChI=1S/C5H11N5S.H3N/c1-9(2)3-4-10-5(11)6-7-8-10;/h3-4H2,1-2H3,(H,6,8,11);1H3. The van der Waals surface area contributed by atoms with E-state index in [1.807, 2.05) is 14.1 Å². The van der Waals surface area contributed by atoms with E-state index in [2.05, 4.69) is 33.1 Å². The van der Waals surface area contributed by atoms with Crippen LogP contribution in [0.3, 0.4) is 0 Å². The molecule has 0 unspecified atom stereocenters. The van der Waals surface area contributed by atoms with Gasteiger partial charge in [-0.25, -0.2) is 4.68 Å². The van der Waals surface area contributed by atoms with E-state index in [1.54, 1.807) is 4.68 Å². The molecule has 7 heteroatoms. The smallest absolute Gasteiger partial charge is 0.206 e. The van der Waals surface area contributed by atoms with Crippen molar-refractivity contribution in [3.8, 4) is 0 Å². The third-order valence-corrected chi connectivity index (χ3v) is 1.59. The number of hydrogen-bond acceptors (Lipinski definition) is 6. The first kappa shape index (κ1) is 11.3. The summed E-state index contributed by atoms with van der Waals surface area (Å²) in [6.45, 7) is 1.69. The molecule has 0 saturated carbocycles. The highest BCUT2D eigenvalue weighted by Crippen LogP contribution is 1.96. The maximum absolute atomic E-state index is 4.06. The summed E-state index contributed by atoms with van der Waals surface area (Å²) in [7, 11) is 4.01. The Morgan fingerprint density at radius 2 is 2.17 bits per heavy atom. The fourth-order valence-corrected chi connectivity index (χ4v) is 0.819. The minimum absolute atomic E-state index is 0. The Hall–Kier alpha value is -0.660. The van der Waals surface area contributed by atoms with E-state index < -0.39 is 0 Å². The summed E-state index contributed by atoms with van der Waals surface area (Å²) in [5.41, 5.74) is 0. The average Bonchev–Trinajstić information content (AvgIpc) is 2.31. The lowest BCUT2D eigenvalue weighted by molar-refractivity contribution is 0.361. The van der Waals surface area contributed by atoms with Crippen LogP contribution in [-0.4, -0.2) is 45.7 Å². The molecule has 0 radical (unpaired) electrons. The van der Waals surface area contributed by atoms with Crippen LogP contribution in [0.15, 0.2) is 5.16 Å². The zero-order valence-electron chi connectivity index (χ0n) is 7.30. The van der Waals surface area contributed by atoms with Gasteiger partial charge in [0, 0.05) is 6.54 Å². The second-order valence-corrected chi connectivity index (χ2v) is 2.91. The molecule has 0 bridgehead atoms. The van der Waals surface area contributed by atoms with E-state index in [4.69, 9.17) is 0 Å². The fraction of sp³-hybridized carbons (Fsp3) is 0.800. The lowest BCUT2D eigenvalue weighted by Gasteiger charge is -2.08. The van der Waals surface area contributed by atoms with E-state index >= 15 is 0 Å². The van der Waals surface area contributed by atoms with Crippen molar-refractivity contribution in [3.05, 3.63) is 0 Å². The molecule has 6 nitrogen and oxygen atoms in total. The zero-order valence-corrected chi connectivity index (χ0v) is 8.20. The molecule has 0 atom stereocenters. The molecule has 0 amide bonds. The normalized spacial score (nSPS) is 10.0. The topological polar surface area (TPSA) is 81.8 Å². The maximum atomic E-state index is 4.06. The number of likely N-dealkylation sites (N-methyl/N-ethyl adjacent to an activating group) is 1. The predicted octanol–water partition coefficient (Wildman–Crippen LogP) is -0.315. The second kappa shape index (κ2) is 5.07. The van der Waals surface area contributed by atoms with Crippen molar-refractivity contribution in [2.75, 3.05) is 20.6 Å². The van der Waals surface area contributed by atoms with Gasteiger partial charge in [0.25, 0.3) is 0 Å². The Kier molecular flexibility index (Phi) is 4.79. The van der Waals surface area contributed by atoms with Gasteiger partial charge in [-0.05, 0) is 24.5 Å². The Morgan fingerprint density at radius 3 is 2.58 bits per heavy atom. The van der Waals surface area contributed by atoms with Gasteiger partial charge in [-0.15, -0.1) is 17.7 Å². The van der Waals surface area contributed by atoms with Crippen molar-refractivity contribution in [1.29, 1.82) is 0 Å². The third kappa shape index (κ3) is 3.16. The van der Waals surface area contributed by atoms with Crippen molar-refractivity contribution in [3.63, 3.8) is 0 Å². The Morgan fingerprint density at radius 1 is 1.50 bits per heavy atom. The number of nitrogens with zero attached hydrogens (tertiary/aromatic N) is 5. The van der Waals surface area contributed by atoms with E-state index in [0.717, 1.165) is 13.1 Å². The van der Waals surface area contributed by atoms with Crippen LogP contribution < -0.4 is 6.15 Å². The zero-order chi connectivity index (χ0) is 8.27. The van der Waals surface area contributed by atoms with Gasteiger partial charge in [-0.1, -0.05) is 0 Å². The lowest BCUT2D eigenvalue weighted by atomic mass is 10.6. The van der Waals surface area contributed by atoms with Gasteiger partial charge in [0.05, 0.1) is 6.54 Å². The van der Waals surface area contributed by atoms with Gasteiger partial charge in [-0.2, -0.15) is 0 Å². The summed E-state index contributed by atoms with van der Waals surface area (Å²) in [4.78, 5) is 2.06. The van der Waals surface area contributed by atoms with Crippen LogP contribution in [0.1, 0.15) is 0 Å². The number of hydrogen-bond donors (Lipinski definition) is 2. The van der Waals surface area contributed by atoms with Crippen molar-refractivity contribution in [2.45, 2.75) is 11.7 Å². The highest BCUT2D eigenvalue weighted by Gasteiger charge is 1.99. The number of tetrazole rings is 1. The van der Waals surface area contributed by atoms with Gasteiger partial charge in [0.2, 0.25) is 5.16 Å². The van der Waals surface area contributed by atoms with Crippen molar-refractivity contribution < 1.29 is 0 Å². The SMILES string of the molecule is CN(C)CCn1nnnc1S.N. The third-order valence-electron chi connectivity index (χ3n) is 1.27. The molecule has 0 aliphatic rings. The van der Waals surface area contributed by atoms with Crippen LogP contribution in [0.5, 0.6) is 0 Å². The molecule has 1 heterocycles. The van der Waals surface area contributed by atoms with Crippen LogP contribution in [0.25, 0.3) is 0 Å². The van der Waals surface area contributed by atoms with Gasteiger partial charge in [0.1, 0.15) is 0 Å². The van der Waals surface area contributed by atoms with E-state index in [-0.39, 0.29) is 6.15 Å². The van der Waals surface area contributed by atoms with Crippen LogP contribution in [-0.2, 0) is 6.54 Å². The highest BCUT2D eigenvalue weighted by molar-refractivity contribution is 7.80. The molecular formula is C5H14N6S. The molecule has 0 aliphatic carbocycles. The first-order valence-corrected chi connectivity index (χ1v) is 3.74. The minimum Gasteiger partial charge on any atom is -0.344 e. The number of thiol groups is 1. The van der Waals surface area contributed by atoms with Gasteiger partial charge >= 0.3 is 0 Å². The van der Waals surface area contributed by atoms with E-state index in [9.17, 15) is 0 Å². The summed E-state index contributed by atoms with van der Waals surface area (Å²) in [6, 6.07) is 0. The molecule has 0 aliphatic heterocycles. The first-order valence-electron chi connectivity index (χ1n) is 3.30. The Labute approximate surface area is 76.9 Å². The monoisotopic (exact) mass is 190 g/mol. The van der Waals surface area contributed by atoms with Gasteiger partial charge in [0.15, 0.2) is 0 Å².